The summed E-state index contributed by atoms with van der Waals surface area (Å²) in [6, 6.07) is 68.5. The number of hydrogen-bond acceptors (Lipinski definition) is 3. The van der Waals surface area contributed by atoms with E-state index in [0.29, 0.717) is 5.95 Å². The average Bonchev–Trinajstić information content (AvgIpc) is 4.05. The molecule has 15 rings (SSSR count). The van der Waals surface area contributed by atoms with E-state index in [-0.39, 0.29) is 0 Å². The fourth-order valence-electron chi connectivity index (χ4n) is 10.9. The van der Waals surface area contributed by atoms with Gasteiger partial charge in [-0.1, -0.05) is 121 Å². The van der Waals surface area contributed by atoms with Gasteiger partial charge in [-0.25, -0.2) is 9.97 Å². The molecule has 6 heteroatoms. The highest BCUT2D eigenvalue weighted by Gasteiger charge is 2.29. The SMILES string of the molecule is c1ccc(-n2c3ccccc3c3ccc(-c4nc(-n5c6cccc7c6c6c8c9c%10c-7cccc%10ccc9n(-c7ccccc7)c8ccc65)nc5sc6ccccc6c45)cc32)cc1. The topological polar surface area (TPSA) is 40.6 Å². The van der Waals surface area contributed by atoms with Crippen molar-refractivity contribution in [3.8, 4) is 39.7 Å². The number of aromatic nitrogens is 5. The number of benzene rings is 9. The Kier molecular flexibility index (Phi) is 6.24. The summed E-state index contributed by atoms with van der Waals surface area (Å²) in [5, 5.41) is 12.3. The monoisotopic (exact) mass is 805 g/mol. The Morgan fingerprint density at radius 2 is 0.935 bits per heavy atom. The Bertz CT molecular complexity index is 4260. The number of fused-ring (bicyclic) bond motifs is 7. The molecule has 286 valence electrons. The molecular formula is C56H31N5S. The normalized spacial score (nSPS) is 12.5. The highest BCUT2D eigenvalue weighted by Crippen LogP contribution is 2.51. The summed E-state index contributed by atoms with van der Waals surface area (Å²) in [5.74, 6) is 0.671. The molecule has 5 aromatic heterocycles. The quantitative estimate of drug-likeness (QED) is 0.178. The molecular weight excluding hydrogens is 775 g/mol. The van der Waals surface area contributed by atoms with E-state index in [1.165, 1.54) is 80.9 Å². The summed E-state index contributed by atoms with van der Waals surface area (Å²) < 4.78 is 8.36. The van der Waals surface area contributed by atoms with Gasteiger partial charge in [-0.3, -0.25) is 4.57 Å². The van der Waals surface area contributed by atoms with E-state index in [1.807, 2.05) is 0 Å². The van der Waals surface area contributed by atoms with Gasteiger partial charge >= 0.3 is 0 Å². The van der Waals surface area contributed by atoms with Crippen LogP contribution in [0.4, 0.5) is 0 Å². The van der Waals surface area contributed by atoms with Gasteiger partial charge in [0.2, 0.25) is 5.95 Å². The number of thiophene rings is 1. The third kappa shape index (κ3) is 4.12. The number of hydrogen-bond donors (Lipinski definition) is 0. The zero-order valence-electron chi connectivity index (χ0n) is 33.0. The predicted octanol–water partition coefficient (Wildman–Crippen LogP) is 14.9. The van der Waals surface area contributed by atoms with Gasteiger partial charge in [-0.2, -0.15) is 0 Å². The van der Waals surface area contributed by atoms with E-state index in [0.717, 1.165) is 49.4 Å². The van der Waals surface area contributed by atoms with E-state index < -0.39 is 0 Å². The van der Waals surface area contributed by atoms with Gasteiger partial charge in [0, 0.05) is 64.7 Å². The van der Waals surface area contributed by atoms with E-state index in [2.05, 4.69) is 202 Å². The van der Waals surface area contributed by atoms with E-state index in [4.69, 9.17) is 9.97 Å². The zero-order valence-corrected chi connectivity index (χ0v) is 33.9. The third-order valence-electron chi connectivity index (χ3n) is 13.4. The molecule has 0 spiro atoms. The minimum Gasteiger partial charge on any atom is -0.309 e. The Labute approximate surface area is 357 Å². The first-order chi connectivity index (χ1) is 30.8. The van der Waals surface area contributed by atoms with Gasteiger partial charge in [-0.15, -0.1) is 11.3 Å². The number of para-hydroxylation sites is 3. The van der Waals surface area contributed by atoms with Crippen LogP contribution in [0.5, 0.6) is 0 Å². The first kappa shape index (κ1) is 32.8. The summed E-state index contributed by atoms with van der Waals surface area (Å²) in [7, 11) is 0. The van der Waals surface area contributed by atoms with Crippen molar-refractivity contribution in [3.63, 3.8) is 0 Å². The highest BCUT2D eigenvalue weighted by molar-refractivity contribution is 7.25. The first-order valence-corrected chi connectivity index (χ1v) is 21.9. The Morgan fingerprint density at radius 1 is 0.355 bits per heavy atom. The van der Waals surface area contributed by atoms with Crippen LogP contribution in [0.1, 0.15) is 0 Å². The molecule has 0 unspecified atom stereocenters. The highest BCUT2D eigenvalue weighted by atomic mass is 32.1. The van der Waals surface area contributed by atoms with Gasteiger partial charge in [0.15, 0.2) is 0 Å². The van der Waals surface area contributed by atoms with Crippen LogP contribution in [-0.4, -0.2) is 23.7 Å². The summed E-state index contributed by atoms with van der Waals surface area (Å²) in [4.78, 5) is 12.2. The Hall–Kier alpha value is -8.06. The van der Waals surface area contributed by atoms with Gasteiger partial charge in [0.05, 0.1) is 38.8 Å². The summed E-state index contributed by atoms with van der Waals surface area (Å²) >= 11 is 1.74. The Balaban J connectivity index is 1.08. The molecule has 14 aromatic rings. The minimum absolute atomic E-state index is 0.671. The molecule has 0 saturated carbocycles. The van der Waals surface area contributed by atoms with E-state index in [9.17, 15) is 0 Å². The van der Waals surface area contributed by atoms with Gasteiger partial charge in [-0.05, 0) is 88.6 Å². The van der Waals surface area contributed by atoms with Crippen LogP contribution in [0.15, 0.2) is 188 Å². The van der Waals surface area contributed by atoms with Crippen molar-refractivity contribution < 1.29 is 0 Å². The summed E-state index contributed by atoms with van der Waals surface area (Å²) in [5.41, 5.74) is 13.7. The smallest absolute Gasteiger partial charge is 0.236 e. The molecule has 0 radical (unpaired) electrons. The molecule has 0 saturated heterocycles. The Morgan fingerprint density at radius 3 is 1.74 bits per heavy atom. The third-order valence-corrected chi connectivity index (χ3v) is 14.4. The van der Waals surface area contributed by atoms with Gasteiger partial charge < -0.3 is 9.13 Å². The largest absolute Gasteiger partial charge is 0.309 e. The summed E-state index contributed by atoms with van der Waals surface area (Å²) in [6.07, 6.45) is 0. The maximum atomic E-state index is 5.72. The van der Waals surface area contributed by atoms with Crippen molar-refractivity contribution in [3.05, 3.63) is 188 Å². The van der Waals surface area contributed by atoms with Crippen molar-refractivity contribution in [2.24, 2.45) is 0 Å². The molecule has 0 N–H and O–H groups in total. The van der Waals surface area contributed by atoms with Crippen LogP contribution in [0, 0.1) is 0 Å². The van der Waals surface area contributed by atoms with Crippen LogP contribution in [0.3, 0.4) is 0 Å². The van der Waals surface area contributed by atoms with Gasteiger partial charge in [0.1, 0.15) is 4.83 Å². The van der Waals surface area contributed by atoms with Crippen LogP contribution < -0.4 is 0 Å². The van der Waals surface area contributed by atoms with Crippen LogP contribution in [-0.2, 0) is 0 Å². The molecule has 0 bridgehead atoms. The molecule has 9 aromatic carbocycles. The lowest BCUT2D eigenvalue weighted by atomic mass is 9.95. The van der Waals surface area contributed by atoms with Crippen LogP contribution >= 0.6 is 11.3 Å². The molecule has 5 heterocycles. The predicted molar refractivity (Wildman–Crippen MR) is 260 cm³/mol. The maximum Gasteiger partial charge on any atom is 0.236 e. The molecule has 0 amide bonds. The lowest BCUT2D eigenvalue weighted by Crippen LogP contribution is -2.03. The standard InChI is InChI=1S/C56H31N5S/c1-3-14-34(15-4-1)59-41-22-9-7-18-36(41)37-27-25-33(31-46(37)59)54-50-40-19-8-10-24-47(40)62-55(50)58-56(57-54)61-42-23-12-21-39-38-20-11-13-32-26-28-43-51(48(32)38)53-44(29-30-45(61)52(53)49(39)42)60(43)35-16-5-2-6-17-35/h1-31H. The lowest BCUT2D eigenvalue weighted by Gasteiger charge is -2.13. The van der Waals surface area contributed by atoms with Crippen molar-refractivity contribution in [1.29, 1.82) is 0 Å². The maximum absolute atomic E-state index is 5.72. The van der Waals surface area contributed by atoms with E-state index in [1.54, 1.807) is 11.3 Å². The summed E-state index contributed by atoms with van der Waals surface area (Å²) in [6.45, 7) is 0. The number of nitrogens with zero attached hydrogens (tertiary/aromatic N) is 5. The van der Waals surface area contributed by atoms with Crippen molar-refractivity contribution >= 4 is 108 Å². The molecule has 0 atom stereocenters. The fourth-order valence-corrected chi connectivity index (χ4v) is 12.0. The van der Waals surface area contributed by atoms with E-state index >= 15 is 0 Å². The second kappa shape index (κ2) is 11.8. The first-order valence-electron chi connectivity index (χ1n) is 21.1. The van der Waals surface area contributed by atoms with Gasteiger partial charge in [0.25, 0.3) is 0 Å². The molecule has 1 aliphatic rings. The van der Waals surface area contributed by atoms with Crippen molar-refractivity contribution in [2.75, 3.05) is 0 Å². The molecule has 5 nitrogen and oxygen atoms in total. The molecule has 0 fully saturated rings. The van der Waals surface area contributed by atoms with Crippen molar-refractivity contribution in [2.45, 2.75) is 0 Å². The van der Waals surface area contributed by atoms with Crippen LogP contribution in [0.2, 0.25) is 0 Å². The molecule has 0 aliphatic heterocycles. The second-order valence-corrected chi connectivity index (χ2v) is 17.5. The molecule has 1 aliphatic carbocycles. The fraction of sp³-hybridized carbons (Fsp3) is 0. The molecule has 62 heavy (non-hydrogen) atoms. The lowest BCUT2D eigenvalue weighted by molar-refractivity contribution is 1.02. The minimum atomic E-state index is 0.671. The zero-order chi connectivity index (χ0) is 40.2. The van der Waals surface area contributed by atoms with Crippen LogP contribution in [0.25, 0.3) is 136 Å². The number of rotatable bonds is 4. The second-order valence-electron chi connectivity index (χ2n) is 16.5. The van der Waals surface area contributed by atoms with Crippen molar-refractivity contribution in [1.82, 2.24) is 23.7 Å². The average molecular weight is 806 g/mol.